The summed E-state index contributed by atoms with van der Waals surface area (Å²) in [6.45, 7) is 0. The number of rotatable bonds is 3. The molecule has 3 saturated heterocycles. The number of hydrogen-bond donors (Lipinski definition) is 1. The van der Waals surface area contributed by atoms with E-state index in [2.05, 4.69) is 5.32 Å². The van der Waals surface area contributed by atoms with Crippen LogP contribution in [-0.2, 0) is 24.7 Å². The van der Waals surface area contributed by atoms with Crippen molar-refractivity contribution in [3.8, 4) is 0 Å². The number of nitrogens with one attached hydrogen (secondary N) is 1. The van der Waals surface area contributed by atoms with E-state index in [1.165, 1.54) is 12.0 Å². The van der Waals surface area contributed by atoms with Crippen LogP contribution in [0.25, 0.3) is 0 Å². The van der Waals surface area contributed by atoms with Crippen molar-refractivity contribution in [3.05, 3.63) is 66.2 Å². The van der Waals surface area contributed by atoms with Gasteiger partial charge in [0, 0.05) is 5.69 Å². The first-order chi connectivity index (χ1) is 12.6. The molecule has 3 fully saturated rings. The Morgan fingerprint density at radius 2 is 1.69 bits per heavy atom. The third-order valence-electron chi connectivity index (χ3n) is 5.18. The summed E-state index contributed by atoms with van der Waals surface area (Å²) in [4.78, 5) is 40.2. The summed E-state index contributed by atoms with van der Waals surface area (Å²) in [6.07, 6.45) is 0.183. The molecule has 6 nitrogen and oxygen atoms in total. The van der Waals surface area contributed by atoms with Crippen LogP contribution < -0.4 is 10.2 Å². The number of nitrogens with zero attached hydrogens (tertiary/aromatic N) is 1. The molecule has 0 saturated carbocycles. The molecule has 132 valence electrons. The molecular weight excluding hydrogens is 332 g/mol. The quantitative estimate of drug-likeness (QED) is 0.854. The average Bonchev–Trinajstić information content (AvgIpc) is 2.69. The second-order valence-electron chi connectivity index (χ2n) is 6.55. The fourth-order valence-corrected chi connectivity index (χ4v) is 4.00. The van der Waals surface area contributed by atoms with Gasteiger partial charge in [0.2, 0.25) is 5.91 Å². The summed E-state index contributed by atoms with van der Waals surface area (Å²) >= 11 is 0. The van der Waals surface area contributed by atoms with Gasteiger partial charge < -0.3 is 10.1 Å². The number of hydrogen-bond acceptors (Lipinski definition) is 4. The second kappa shape index (κ2) is 5.98. The molecule has 0 aromatic heterocycles. The van der Waals surface area contributed by atoms with E-state index in [1.807, 2.05) is 24.3 Å². The molecule has 0 unspecified atom stereocenters. The Morgan fingerprint density at radius 1 is 1.08 bits per heavy atom. The fraction of sp³-hybridized carbons (Fsp3) is 0.250. The number of anilines is 1. The first-order valence-corrected chi connectivity index (χ1v) is 8.42. The van der Waals surface area contributed by atoms with Crippen molar-refractivity contribution in [2.24, 2.45) is 5.92 Å². The number of ether oxygens (including phenoxy) is 1. The lowest BCUT2D eigenvalue weighted by Crippen LogP contribution is -2.76. The minimum Gasteiger partial charge on any atom is -0.469 e. The van der Waals surface area contributed by atoms with Gasteiger partial charge in [0.1, 0.15) is 11.6 Å². The number of carbonyl (C=O) groups excluding carboxylic acids is 3. The molecule has 0 radical (unpaired) electrons. The monoisotopic (exact) mass is 350 g/mol. The number of benzene rings is 2. The number of esters is 1. The van der Waals surface area contributed by atoms with Gasteiger partial charge in [-0.1, -0.05) is 48.5 Å². The summed E-state index contributed by atoms with van der Waals surface area (Å²) < 4.78 is 4.93. The van der Waals surface area contributed by atoms with E-state index in [1.54, 1.807) is 36.4 Å². The first kappa shape index (κ1) is 16.3. The van der Waals surface area contributed by atoms with Crippen LogP contribution >= 0.6 is 0 Å². The Balaban J connectivity index is 1.91. The molecule has 2 bridgehead atoms. The molecule has 2 amide bonds. The van der Waals surface area contributed by atoms with Gasteiger partial charge in [-0.15, -0.1) is 0 Å². The number of para-hydroxylation sites is 1. The molecule has 3 aliphatic rings. The summed E-state index contributed by atoms with van der Waals surface area (Å²) in [5, 5.41) is 2.87. The average molecular weight is 350 g/mol. The van der Waals surface area contributed by atoms with Gasteiger partial charge in [-0.05, 0) is 24.1 Å². The van der Waals surface area contributed by atoms with Gasteiger partial charge in [-0.2, -0.15) is 0 Å². The van der Waals surface area contributed by atoms with E-state index in [-0.39, 0.29) is 18.2 Å². The van der Waals surface area contributed by atoms with E-state index in [4.69, 9.17) is 4.74 Å². The molecule has 3 atom stereocenters. The van der Waals surface area contributed by atoms with Gasteiger partial charge >= 0.3 is 5.97 Å². The smallest absolute Gasteiger partial charge is 0.311 e. The topological polar surface area (TPSA) is 75.7 Å². The Hall–Kier alpha value is -3.15. The zero-order valence-electron chi connectivity index (χ0n) is 14.2. The minimum atomic E-state index is -1.28. The predicted molar refractivity (Wildman–Crippen MR) is 94.1 cm³/mol. The Bertz CT molecular complexity index is 868. The third-order valence-corrected chi connectivity index (χ3v) is 5.18. The second-order valence-corrected chi connectivity index (χ2v) is 6.55. The van der Waals surface area contributed by atoms with E-state index in [0.29, 0.717) is 11.3 Å². The van der Waals surface area contributed by atoms with Crippen molar-refractivity contribution < 1.29 is 19.1 Å². The standard InChI is InChI=1S/C20H18N2O4/c1-26-18(24)15-12-20(13-8-4-2-5-9-13)19(25)22(16(15)17(23)21-20)14-10-6-3-7-11-14/h2-11,15-16H,12H2,1H3,(H,21,23)/t15-,16+,20-/m0/s1. The Morgan fingerprint density at radius 3 is 2.31 bits per heavy atom. The highest BCUT2D eigenvalue weighted by molar-refractivity contribution is 6.14. The largest absolute Gasteiger partial charge is 0.469 e. The maximum absolute atomic E-state index is 13.5. The van der Waals surface area contributed by atoms with Crippen molar-refractivity contribution in [1.29, 1.82) is 0 Å². The molecule has 1 N–H and O–H groups in total. The van der Waals surface area contributed by atoms with Crippen molar-refractivity contribution in [2.75, 3.05) is 12.0 Å². The van der Waals surface area contributed by atoms with Crippen LogP contribution in [0.3, 0.4) is 0 Å². The van der Waals surface area contributed by atoms with Crippen molar-refractivity contribution >= 4 is 23.5 Å². The molecule has 6 heteroatoms. The van der Waals surface area contributed by atoms with E-state index < -0.39 is 23.5 Å². The zero-order chi connectivity index (χ0) is 18.3. The highest BCUT2D eigenvalue weighted by atomic mass is 16.5. The lowest BCUT2D eigenvalue weighted by Gasteiger charge is -2.53. The molecule has 2 aromatic rings. The third kappa shape index (κ3) is 2.22. The van der Waals surface area contributed by atoms with Crippen molar-refractivity contribution in [2.45, 2.75) is 18.0 Å². The molecule has 0 spiro atoms. The fourth-order valence-electron chi connectivity index (χ4n) is 4.00. The van der Waals surface area contributed by atoms with Gasteiger partial charge in [-0.3, -0.25) is 19.3 Å². The first-order valence-electron chi connectivity index (χ1n) is 8.42. The number of methoxy groups -OCH3 is 1. The van der Waals surface area contributed by atoms with E-state index >= 15 is 0 Å². The number of fused-ring (bicyclic) bond motifs is 3. The molecule has 3 aliphatic heterocycles. The molecular formula is C20H18N2O4. The number of piperazine rings is 1. The van der Waals surface area contributed by atoms with Crippen LogP contribution in [-0.4, -0.2) is 30.9 Å². The van der Waals surface area contributed by atoms with Gasteiger partial charge in [0.15, 0.2) is 0 Å². The van der Waals surface area contributed by atoms with Crippen LogP contribution in [0.1, 0.15) is 12.0 Å². The van der Waals surface area contributed by atoms with Crippen LogP contribution in [0.15, 0.2) is 60.7 Å². The summed E-state index contributed by atoms with van der Waals surface area (Å²) in [5.74, 6) is -1.80. The van der Waals surface area contributed by atoms with Crippen molar-refractivity contribution in [1.82, 2.24) is 5.32 Å². The molecule has 3 heterocycles. The highest BCUT2D eigenvalue weighted by Crippen LogP contribution is 2.45. The molecule has 26 heavy (non-hydrogen) atoms. The summed E-state index contributed by atoms with van der Waals surface area (Å²) in [6, 6.07) is 17.1. The van der Waals surface area contributed by atoms with Gasteiger partial charge in [0.05, 0.1) is 13.0 Å². The normalized spacial score (nSPS) is 27.2. The number of carbonyl (C=O) groups is 3. The highest BCUT2D eigenvalue weighted by Gasteiger charge is 2.63. The zero-order valence-corrected chi connectivity index (χ0v) is 14.2. The van der Waals surface area contributed by atoms with E-state index in [9.17, 15) is 14.4 Å². The summed E-state index contributed by atoms with van der Waals surface area (Å²) in [5.41, 5.74) is -0.0282. The van der Waals surface area contributed by atoms with Crippen molar-refractivity contribution in [3.63, 3.8) is 0 Å². The lowest BCUT2D eigenvalue weighted by atomic mass is 9.69. The van der Waals surface area contributed by atoms with Crippen LogP contribution in [0.5, 0.6) is 0 Å². The van der Waals surface area contributed by atoms with Gasteiger partial charge in [0.25, 0.3) is 5.91 Å². The number of amides is 2. The maximum atomic E-state index is 13.5. The molecule has 2 aromatic carbocycles. The Kier molecular flexibility index (Phi) is 3.76. The predicted octanol–water partition coefficient (Wildman–Crippen LogP) is 1.61. The van der Waals surface area contributed by atoms with Crippen LogP contribution in [0.4, 0.5) is 5.69 Å². The maximum Gasteiger partial charge on any atom is 0.311 e. The van der Waals surface area contributed by atoms with Crippen LogP contribution in [0.2, 0.25) is 0 Å². The SMILES string of the molecule is COC(=O)[C@H]1C[C@@]2(c3ccccc3)NC(=O)[C@@H]1N(c1ccccc1)C2=O. The summed E-state index contributed by atoms with van der Waals surface area (Å²) in [7, 11) is 1.30. The van der Waals surface area contributed by atoms with Crippen LogP contribution in [0, 0.1) is 5.92 Å². The Labute approximate surface area is 150 Å². The molecule has 0 aliphatic carbocycles. The number of piperidine rings is 2. The minimum absolute atomic E-state index is 0.183. The van der Waals surface area contributed by atoms with Gasteiger partial charge in [-0.25, -0.2) is 0 Å². The lowest BCUT2D eigenvalue weighted by molar-refractivity contribution is -0.158. The van der Waals surface area contributed by atoms with E-state index in [0.717, 1.165) is 0 Å². The molecule has 5 rings (SSSR count).